The monoisotopic (exact) mass is 451 g/mol. The number of hydrogen-bond donors (Lipinski definition) is 1. The van der Waals surface area contributed by atoms with Crippen LogP contribution in [0.4, 0.5) is 10.5 Å². The minimum Gasteiger partial charge on any atom is -0.491 e. The Morgan fingerprint density at radius 1 is 1.08 bits per heavy atom. The molecule has 0 heterocycles. The Balaban J connectivity index is 2.26. The molecule has 0 radical (unpaired) electrons. The van der Waals surface area contributed by atoms with Crippen molar-refractivity contribution in [2.75, 3.05) is 42.8 Å². The first kappa shape index (κ1) is 21.0. The van der Waals surface area contributed by atoms with E-state index in [-0.39, 0.29) is 0 Å². The highest BCUT2D eigenvalue weighted by Crippen LogP contribution is 2.18. The number of amides is 1. The molecule has 1 rings (SSSR count). The smallest absolute Gasteiger partial charge is 0.412 e. The minimum absolute atomic E-state index is 0.433. The van der Waals surface area contributed by atoms with Crippen LogP contribution in [0.5, 0.6) is 5.75 Å². The highest BCUT2D eigenvalue weighted by molar-refractivity contribution is 14.1. The zero-order valence-electron chi connectivity index (χ0n) is 14.5. The number of anilines is 1. The lowest BCUT2D eigenvalue weighted by Gasteiger charge is -2.19. The van der Waals surface area contributed by atoms with Crippen molar-refractivity contribution < 1.29 is 23.7 Å². The van der Waals surface area contributed by atoms with Gasteiger partial charge >= 0.3 is 6.09 Å². The van der Waals surface area contributed by atoms with Crippen LogP contribution in [0.3, 0.4) is 0 Å². The molecule has 136 valence electrons. The predicted molar refractivity (Wildman–Crippen MR) is 102 cm³/mol. The molecular formula is C17H26INO5. The third-order valence-corrected chi connectivity index (χ3v) is 3.01. The van der Waals surface area contributed by atoms with Gasteiger partial charge in [0.2, 0.25) is 0 Å². The van der Waals surface area contributed by atoms with Gasteiger partial charge in [-0.05, 0) is 32.9 Å². The van der Waals surface area contributed by atoms with Gasteiger partial charge in [-0.15, -0.1) is 0 Å². The van der Waals surface area contributed by atoms with E-state index in [0.717, 1.165) is 11.0 Å². The molecule has 0 saturated carbocycles. The van der Waals surface area contributed by atoms with Gasteiger partial charge in [0.1, 0.15) is 18.0 Å². The highest BCUT2D eigenvalue weighted by Gasteiger charge is 2.16. The van der Waals surface area contributed by atoms with Gasteiger partial charge in [-0.1, -0.05) is 28.7 Å². The van der Waals surface area contributed by atoms with E-state index in [4.69, 9.17) is 18.9 Å². The summed E-state index contributed by atoms with van der Waals surface area (Å²) in [7, 11) is 0. The van der Waals surface area contributed by atoms with Crippen LogP contribution in [-0.2, 0) is 14.2 Å². The highest BCUT2D eigenvalue weighted by atomic mass is 127. The molecule has 24 heavy (non-hydrogen) atoms. The van der Waals surface area contributed by atoms with Crippen LogP contribution in [-0.4, -0.2) is 49.2 Å². The maximum atomic E-state index is 11.7. The summed E-state index contributed by atoms with van der Waals surface area (Å²) in [6.45, 7) is 8.27. The van der Waals surface area contributed by atoms with Crippen molar-refractivity contribution in [1.82, 2.24) is 0 Å². The van der Waals surface area contributed by atoms with Crippen LogP contribution in [0.15, 0.2) is 24.3 Å². The van der Waals surface area contributed by atoms with Gasteiger partial charge in [0.25, 0.3) is 0 Å². The summed E-state index contributed by atoms with van der Waals surface area (Å²) >= 11 is 2.26. The van der Waals surface area contributed by atoms with Crippen molar-refractivity contribution in [3.05, 3.63) is 24.3 Å². The van der Waals surface area contributed by atoms with Gasteiger partial charge < -0.3 is 18.9 Å². The van der Waals surface area contributed by atoms with Crippen molar-refractivity contribution in [2.24, 2.45) is 0 Å². The van der Waals surface area contributed by atoms with Crippen molar-refractivity contribution in [3.8, 4) is 5.75 Å². The number of alkyl halides is 1. The Morgan fingerprint density at radius 2 is 1.75 bits per heavy atom. The van der Waals surface area contributed by atoms with Crippen LogP contribution >= 0.6 is 22.6 Å². The molecule has 0 aromatic heterocycles. The van der Waals surface area contributed by atoms with Crippen molar-refractivity contribution in [2.45, 2.75) is 26.4 Å². The number of carbonyl (C=O) groups excluding carboxylic acids is 1. The van der Waals surface area contributed by atoms with Crippen LogP contribution in [0.2, 0.25) is 0 Å². The molecule has 0 saturated heterocycles. The van der Waals surface area contributed by atoms with E-state index in [2.05, 4.69) is 27.9 Å². The fourth-order valence-corrected chi connectivity index (χ4v) is 1.99. The van der Waals surface area contributed by atoms with Crippen LogP contribution in [0.25, 0.3) is 0 Å². The van der Waals surface area contributed by atoms with E-state index in [0.29, 0.717) is 37.9 Å². The Labute approximate surface area is 157 Å². The molecule has 6 nitrogen and oxygen atoms in total. The summed E-state index contributed by atoms with van der Waals surface area (Å²) < 4.78 is 22.5. The molecule has 0 aliphatic carbocycles. The Bertz CT molecular complexity index is 490. The third-order valence-electron chi connectivity index (χ3n) is 2.57. The average molecular weight is 451 g/mol. The summed E-state index contributed by atoms with van der Waals surface area (Å²) in [4.78, 5) is 11.7. The Morgan fingerprint density at radius 3 is 2.42 bits per heavy atom. The van der Waals surface area contributed by atoms with Gasteiger partial charge in [-0.3, -0.25) is 5.32 Å². The van der Waals surface area contributed by atoms with Crippen LogP contribution < -0.4 is 10.1 Å². The fourth-order valence-electron chi connectivity index (χ4n) is 1.68. The van der Waals surface area contributed by atoms with E-state index in [1.165, 1.54) is 0 Å². The zero-order chi connectivity index (χ0) is 17.8. The topological polar surface area (TPSA) is 66.0 Å². The Hall–Kier alpha value is -1.06. The molecule has 1 aromatic rings. The third kappa shape index (κ3) is 10.7. The lowest BCUT2D eigenvalue weighted by Crippen LogP contribution is -2.27. The molecule has 0 unspecified atom stereocenters. The van der Waals surface area contributed by atoms with E-state index < -0.39 is 11.7 Å². The van der Waals surface area contributed by atoms with Crippen LogP contribution in [0.1, 0.15) is 20.8 Å². The first-order chi connectivity index (χ1) is 11.4. The van der Waals surface area contributed by atoms with E-state index in [9.17, 15) is 4.79 Å². The fraction of sp³-hybridized carbons (Fsp3) is 0.588. The molecule has 0 aliphatic heterocycles. The second-order valence-corrected chi connectivity index (χ2v) is 7.00. The minimum atomic E-state index is -0.532. The predicted octanol–water partition coefficient (Wildman–Crippen LogP) is 3.88. The summed E-state index contributed by atoms with van der Waals surface area (Å²) in [5, 5.41) is 2.68. The SMILES string of the molecule is CC(C)(C)OC(=O)Nc1cccc(OCCOCCOCCI)c1. The number of hydrogen-bond acceptors (Lipinski definition) is 5. The largest absolute Gasteiger partial charge is 0.491 e. The molecular weight excluding hydrogens is 425 g/mol. The maximum Gasteiger partial charge on any atom is 0.412 e. The molecule has 0 spiro atoms. The molecule has 1 aromatic carbocycles. The van der Waals surface area contributed by atoms with Crippen molar-refractivity contribution in [3.63, 3.8) is 0 Å². The van der Waals surface area contributed by atoms with Gasteiger partial charge in [0.05, 0.1) is 26.4 Å². The van der Waals surface area contributed by atoms with E-state index >= 15 is 0 Å². The molecule has 7 heteroatoms. The summed E-state index contributed by atoms with van der Waals surface area (Å²) in [5.41, 5.74) is 0.0885. The standard InChI is InChI=1S/C17H26INO5/c1-17(2,3)24-16(20)19-14-5-4-6-15(13-14)23-12-11-22-10-9-21-8-7-18/h4-6,13H,7-12H2,1-3H3,(H,19,20). The molecule has 1 amide bonds. The molecule has 0 fully saturated rings. The number of nitrogens with one attached hydrogen (secondary N) is 1. The number of rotatable bonds is 10. The van der Waals surface area contributed by atoms with Gasteiger partial charge in [0.15, 0.2) is 0 Å². The van der Waals surface area contributed by atoms with E-state index in [1.54, 1.807) is 18.2 Å². The van der Waals surface area contributed by atoms with Gasteiger partial charge in [-0.2, -0.15) is 0 Å². The lowest BCUT2D eigenvalue weighted by molar-refractivity contribution is 0.0417. The van der Waals surface area contributed by atoms with Crippen LogP contribution in [0, 0.1) is 0 Å². The maximum absolute atomic E-state index is 11.7. The number of ether oxygens (including phenoxy) is 4. The summed E-state index contributed by atoms with van der Waals surface area (Å²) in [5.74, 6) is 0.660. The Kier molecular flexibility index (Phi) is 10.0. The van der Waals surface area contributed by atoms with Gasteiger partial charge in [-0.25, -0.2) is 4.79 Å². The van der Waals surface area contributed by atoms with Gasteiger partial charge in [0, 0.05) is 16.2 Å². The van der Waals surface area contributed by atoms with Crippen molar-refractivity contribution >= 4 is 34.4 Å². The summed E-state index contributed by atoms with van der Waals surface area (Å²) in [6, 6.07) is 7.15. The molecule has 0 aliphatic rings. The molecule has 1 N–H and O–H groups in total. The second-order valence-electron chi connectivity index (χ2n) is 5.92. The van der Waals surface area contributed by atoms with Crippen molar-refractivity contribution in [1.29, 1.82) is 0 Å². The number of halogens is 1. The number of benzene rings is 1. The number of carbonyl (C=O) groups is 1. The molecule has 0 bridgehead atoms. The second kappa shape index (κ2) is 11.5. The average Bonchev–Trinajstić information content (AvgIpc) is 2.48. The normalized spacial score (nSPS) is 11.2. The quantitative estimate of drug-likeness (QED) is 0.332. The lowest BCUT2D eigenvalue weighted by atomic mass is 10.2. The molecule has 0 atom stereocenters. The summed E-state index contributed by atoms with van der Waals surface area (Å²) in [6.07, 6.45) is -0.491. The first-order valence-electron chi connectivity index (χ1n) is 7.85. The first-order valence-corrected chi connectivity index (χ1v) is 9.37. The van der Waals surface area contributed by atoms with E-state index in [1.807, 2.05) is 26.8 Å². The zero-order valence-corrected chi connectivity index (χ0v) is 16.6.